The molecule has 0 aliphatic carbocycles. The molecule has 3 rings (SSSR count). The molecule has 20 heavy (non-hydrogen) atoms. The Morgan fingerprint density at radius 1 is 1.40 bits per heavy atom. The number of nitrogens with two attached hydrogens (primary N) is 1. The summed E-state index contributed by atoms with van der Waals surface area (Å²) in [7, 11) is 0. The Morgan fingerprint density at radius 3 is 3.00 bits per heavy atom. The fraction of sp³-hybridized carbons (Fsp3) is 0.438. The van der Waals surface area contributed by atoms with E-state index in [1.54, 1.807) is 0 Å². The molecule has 0 amide bonds. The monoisotopic (exact) mass is 271 g/mol. The SMILES string of the molecule is CCn1nc(C)cc1CC1(N)COc2ccccc2C1. The van der Waals surface area contributed by atoms with E-state index < -0.39 is 0 Å². The van der Waals surface area contributed by atoms with Gasteiger partial charge in [0.2, 0.25) is 0 Å². The van der Waals surface area contributed by atoms with Crippen molar-refractivity contribution in [1.82, 2.24) is 9.78 Å². The van der Waals surface area contributed by atoms with Crippen molar-refractivity contribution in [2.24, 2.45) is 5.73 Å². The molecule has 4 nitrogen and oxygen atoms in total. The van der Waals surface area contributed by atoms with Crippen molar-refractivity contribution >= 4 is 0 Å². The summed E-state index contributed by atoms with van der Waals surface area (Å²) in [6, 6.07) is 10.3. The van der Waals surface area contributed by atoms with Crippen molar-refractivity contribution in [2.75, 3.05) is 6.61 Å². The molecule has 4 heteroatoms. The largest absolute Gasteiger partial charge is 0.491 e. The third kappa shape index (κ3) is 2.43. The molecule has 1 aromatic carbocycles. The van der Waals surface area contributed by atoms with Crippen LogP contribution in [0.25, 0.3) is 0 Å². The summed E-state index contributed by atoms with van der Waals surface area (Å²) in [5, 5.41) is 4.49. The molecule has 1 atom stereocenters. The van der Waals surface area contributed by atoms with Gasteiger partial charge in [0.25, 0.3) is 0 Å². The van der Waals surface area contributed by atoms with Gasteiger partial charge in [-0.2, -0.15) is 5.10 Å². The Kier molecular flexibility index (Phi) is 3.26. The molecule has 106 valence electrons. The van der Waals surface area contributed by atoms with E-state index in [2.05, 4.69) is 24.2 Å². The van der Waals surface area contributed by atoms with Crippen LogP contribution in [0.15, 0.2) is 30.3 Å². The Hall–Kier alpha value is -1.81. The standard InChI is InChI=1S/C16H21N3O/c1-3-19-14(8-12(2)18-19)10-16(17)9-13-6-4-5-7-15(13)20-11-16/h4-8H,3,9-11,17H2,1-2H3. The minimum atomic E-state index is -0.353. The maximum absolute atomic E-state index is 6.57. The van der Waals surface area contributed by atoms with Gasteiger partial charge >= 0.3 is 0 Å². The maximum atomic E-state index is 6.57. The fourth-order valence-corrected chi connectivity index (χ4v) is 2.93. The molecule has 0 saturated carbocycles. The second-order valence-corrected chi connectivity index (χ2v) is 5.71. The van der Waals surface area contributed by atoms with Crippen LogP contribution >= 0.6 is 0 Å². The van der Waals surface area contributed by atoms with E-state index >= 15 is 0 Å². The van der Waals surface area contributed by atoms with Crippen molar-refractivity contribution in [3.63, 3.8) is 0 Å². The van der Waals surface area contributed by atoms with Gasteiger partial charge < -0.3 is 10.5 Å². The summed E-state index contributed by atoms with van der Waals surface area (Å²) >= 11 is 0. The van der Waals surface area contributed by atoms with Crippen LogP contribution in [0, 0.1) is 6.92 Å². The number of benzene rings is 1. The van der Waals surface area contributed by atoms with Gasteiger partial charge in [-0.15, -0.1) is 0 Å². The van der Waals surface area contributed by atoms with Crippen molar-refractivity contribution in [3.05, 3.63) is 47.3 Å². The lowest BCUT2D eigenvalue weighted by Crippen LogP contribution is -2.52. The van der Waals surface area contributed by atoms with E-state index in [1.165, 1.54) is 11.3 Å². The van der Waals surface area contributed by atoms with Gasteiger partial charge in [-0.3, -0.25) is 4.68 Å². The van der Waals surface area contributed by atoms with Gasteiger partial charge in [0.1, 0.15) is 12.4 Å². The summed E-state index contributed by atoms with van der Waals surface area (Å²) < 4.78 is 7.87. The summed E-state index contributed by atoms with van der Waals surface area (Å²) in [6.07, 6.45) is 1.63. The van der Waals surface area contributed by atoms with Gasteiger partial charge in [0.15, 0.2) is 0 Å². The van der Waals surface area contributed by atoms with Crippen LogP contribution in [0.1, 0.15) is 23.9 Å². The number of ether oxygens (including phenoxy) is 1. The van der Waals surface area contributed by atoms with Crippen molar-refractivity contribution in [3.8, 4) is 5.75 Å². The van der Waals surface area contributed by atoms with Gasteiger partial charge in [-0.1, -0.05) is 18.2 Å². The smallest absolute Gasteiger partial charge is 0.122 e. The minimum absolute atomic E-state index is 0.353. The van der Waals surface area contributed by atoms with Crippen LogP contribution in [0.5, 0.6) is 5.75 Å². The summed E-state index contributed by atoms with van der Waals surface area (Å²) in [6.45, 7) is 5.55. The number of para-hydroxylation sites is 1. The lowest BCUT2D eigenvalue weighted by Gasteiger charge is -2.34. The number of hydrogen-bond donors (Lipinski definition) is 1. The van der Waals surface area contributed by atoms with E-state index in [1.807, 2.05) is 29.8 Å². The van der Waals surface area contributed by atoms with Crippen LogP contribution in [0.4, 0.5) is 0 Å². The molecular weight excluding hydrogens is 250 g/mol. The molecule has 2 heterocycles. The topological polar surface area (TPSA) is 53.1 Å². The van der Waals surface area contributed by atoms with Crippen molar-refractivity contribution in [2.45, 2.75) is 38.8 Å². The summed E-state index contributed by atoms with van der Waals surface area (Å²) in [4.78, 5) is 0. The van der Waals surface area contributed by atoms with Crippen LogP contribution in [-0.4, -0.2) is 21.9 Å². The highest BCUT2D eigenvalue weighted by atomic mass is 16.5. The molecule has 1 aliphatic rings. The van der Waals surface area contributed by atoms with Crippen LogP contribution in [0.3, 0.4) is 0 Å². The lowest BCUT2D eigenvalue weighted by atomic mass is 9.86. The minimum Gasteiger partial charge on any atom is -0.491 e. The number of nitrogens with zero attached hydrogens (tertiary/aromatic N) is 2. The third-order valence-corrected chi connectivity index (χ3v) is 3.85. The molecule has 1 unspecified atom stereocenters. The third-order valence-electron chi connectivity index (χ3n) is 3.85. The quantitative estimate of drug-likeness (QED) is 0.930. The predicted molar refractivity (Wildman–Crippen MR) is 78.9 cm³/mol. The Bertz CT molecular complexity index is 620. The lowest BCUT2D eigenvalue weighted by molar-refractivity contribution is 0.187. The molecule has 0 bridgehead atoms. The first kappa shape index (κ1) is 13.2. The normalized spacial score (nSPS) is 21.4. The predicted octanol–water partition coefficient (Wildman–Crippen LogP) is 2.09. The van der Waals surface area contributed by atoms with Crippen molar-refractivity contribution in [1.29, 1.82) is 0 Å². The number of rotatable bonds is 3. The molecule has 1 aliphatic heterocycles. The Balaban J connectivity index is 1.84. The van der Waals surface area contributed by atoms with E-state index in [9.17, 15) is 0 Å². The number of hydrogen-bond acceptors (Lipinski definition) is 3. The van der Waals surface area contributed by atoms with E-state index in [0.717, 1.165) is 30.8 Å². The number of fused-ring (bicyclic) bond motifs is 1. The maximum Gasteiger partial charge on any atom is 0.122 e. The molecule has 1 aromatic heterocycles. The molecule has 2 aromatic rings. The van der Waals surface area contributed by atoms with Gasteiger partial charge in [0, 0.05) is 18.7 Å². The van der Waals surface area contributed by atoms with E-state index in [0.29, 0.717) is 6.61 Å². The highest BCUT2D eigenvalue weighted by Gasteiger charge is 2.33. The van der Waals surface area contributed by atoms with Crippen LogP contribution in [-0.2, 0) is 19.4 Å². The second kappa shape index (κ2) is 4.94. The Labute approximate surface area is 119 Å². The van der Waals surface area contributed by atoms with Crippen LogP contribution in [0.2, 0.25) is 0 Å². The average Bonchev–Trinajstić information content (AvgIpc) is 2.78. The average molecular weight is 271 g/mol. The first-order valence-electron chi connectivity index (χ1n) is 7.12. The zero-order valence-electron chi connectivity index (χ0n) is 12.1. The first-order chi connectivity index (χ1) is 9.59. The number of aryl methyl sites for hydroxylation is 2. The van der Waals surface area contributed by atoms with Crippen LogP contribution < -0.4 is 10.5 Å². The van der Waals surface area contributed by atoms with Gasteiger partial charge in [0.05, 0.1) is 11.2 Å². The van der Waals surface area contributed by atoms with E-state index in [4.69, 9.17) is 10.5 Å². The first-order valence-corrected chi connectivity index (χ1v) is 7.12. The highest BCUT2D eigenvalue weighted by molar-refractivity contribution is 5.37. The molecule has 0 fully saturated rings. The molecular formula is C16H21N3O. The fourth-order valence-electron chi connectivity index (χ4n) is 2.93. The van der Waals surface area contributed by atoms with Crippen molar-refractivity contribution < 1.29 is 4.74 Å². The summed E-state index contributed by atoms with van der Waals surface area (Å²) in [5.74, 6) is 0.966. The second-order valence-electron chi connectivity index (χ2n) is 5.71. The van der Waals surface area contributed by atoms with E-state index in [-0.39, 0.29) is 5.54 Å². The molecule has 0 spiro atoms. The van der Waals surface area contributed by atoms with Gasteiger partial charge in [-0.05, 0) is 38.0 Å². The zero-order valence-corrected chi connectivity index (χ0v) is 12.1. The molecule has 0 radical (unpaired) electrons. The number of aromatic nitrogens is 2. The van der Waals surface area contributed by atoms with Gasteiger partial charge in [-0.25, -0.2) is 0 Å². The zero-order chi connectivity index (χ0) is 14.2. The Morgan fingerprint density at radius 2 is 2.20 bits per heavy atom. The molecule has 0 saturated heterocycles. The highest BCUT2D eigenvalue weighted by Crippen LogP contribution is 2.29. The molecule has 2 N–H and O–H groups in total. The summed E-state index contributed by atoms with van der Waals surface area (Å²) in [5.41, 5.74) is 9.65.